The second kappa shape index (κ2) is 3.63. The van der Waals surface area contributed by atoms with Crippen LogP contribution in [0.5, 0.6) is 0 Å². The molecule has 2 amide bonds. The van der Waals surface area contributed by atoms with Crippen molar-refractivity contribution < 1.29 is 14.0 Å². The second-order valence-corrected chi connectivity index (χ2v) is 4.48. The lowest BCUT2D eigenvalue weighted by Gasteiger charge is -2.20. The number of amides is 2. The van der Waals surface area contributed by atoms with Crippen molar-refractivity contribution in [1.82, 2.24) is 10.2 Å². The average Bonchev–Trinajstić information content (AvgIpc) is 2.76. The standard InChI is InChI=1S/C9H12ClFN2O2/c10-6(11)7(14)13-4-2-9(5-13)1-3-12-8(9)15/h6H,1-5H2,(H,12,15)/t6?,9-/m1/s1. The van der Waals surface area contributed by atoms with E-state index in [4.69, 9.17) is 11.6 Å². The molecular formula is C9H12ClFN2O2. The molecule has 1 unspecified atom stereocenters. The number of nitrogens with one attached hydrogen (secondary N) is 1. The summed E-state index contributed by atoms with van der Waals surface area (Å²) in [6.07, 6.45) is 1.32. The van der Waals surface area contributed by atoms with Crippen molar-refractivity contribution in [2.75, 3.05) is 19.6 Å². The van der Waals surface area contributed by atoms with Crippen LogP contribution in [0.25, 0.3) is 0 Å². The molecule has 0 aromatic carbocycles. The van der Waals surface area contributed by atoms with Crippen LogP contribution < -0.4 is 5.32 Å². The van der Waals surface area contributed by atoms with Crippen molar-refractivity contribution in [3.63, 3.8) is 0 Å². The molecule has 2 fully saturated rings. The first kappa shape index (κ1) is 10.7. The van der Waals surface area contributed by atoms with Gasteiger partial charge in [0.1, 0.15) is 0 Å². The van der Waals surface area contributed by atoms with Gasteiger partial charge in [-0.2, -0.15) is 0 Å². The Labute approximate surface area is 91.7 Å². The number of carbonyl (C=O) groups excluding carboxylic acids is 2. The van der Waals surface area contributed by atoms with E-state index in [1.807, 2.05) is 0 Å². The first-order valence-electron chi connectivity index (χ1n) is 4.90. The van der Waals surface area contributed by atoms with Gasteiger partial charge in [0.05, 0.1) is 5.41 Å². The van der Waals surface area contributed by atoms with Crippen LogP contribution in [-0.2, 0) is 9.59 Å². The van der Waals surface area contributed by atoms with Crippen molar-refractivity contribution in [2.24, 2.45) is 5.41 Å². The minimum atomic E-state index is -2.00. The number of carbonyl (C=O) groups is 2. The first-order valence-corrected chi connectivity index (χ1v) is 5.34. The second-order valence-electron chi connectivity index (χ2n) is 4.10. The molecule has 0 saturated carbocycles. The summed E-state index contributed by atoms with van der Waals surface area (Å²) in [6.45, 7) is 1.35. The highest BCUT2D eigenvalue weighted by atomic mass is 35.5. The van der Waals surface area contributed by atoms with Crippen LogP contribution in [0.4, 0.5) is 4.39 Å². The SMILES string of the molecule is O=C(C(F)Cl)N1CC[C@]2(CCNC2=O)C1. The van der Waals surface area contributed by atoms with E-state index in [1.54, 1.807) is 0 Å². The van der Waals surface area contributed by atoms with Gasteiger partial charge in [-0.1, -0.05) is 11.6 Å². The molecule has 0 aliphatic carbocycles. The molecule has 2 aliphatic rings. The van der Waals surface area contributed by atoms with Gasteiger partial charge < -0.3 is 10.2 Å². The molecule has 1 spiro atoms. The van der Waals surface area contributed by atoms with Crippen LogP contribution in [0.1, 0.15) is 12.8 Å². The topological polar surface area (TPSA) is 49.4 Å². The summed E-state index contributed by atoms with van der Waals surface area (Å²) in [5, 5.41) is 2.74. The summed E-state index contributed by atoms with van der Waals surface area (Å²) >= 11 is 5.08. The Bertz CT molecular complexity index is 310. The Hall–Kier alpha value is -0.840. The largest absolute Gasteiger partial charge is 0.356 e. The van der Waals surface area contributed by atoms with Gasteiger partial charge in [-0.25, -0.2) is 4.39 Å². The number of rotatable bonds is 1. The van der Waals surface area contributed by atoms with Gasteiger partial charge in [-0.15, -0.1) is 0 Å². The molecule has 2 rings (SSSR count). The number of nitrogens with zero attached hydrogens (tertiary/aromatic N) is 1. The van der Waals surface area contributed by atoms with Crippen molar-refractivity contribution >= 4 is 23.4 Å². The van der Waals surface area contributed by atoms with Gasteiger partial charge in [0.15, 0.2) is 0 Å². The Balaban J connectivity index is 2.06. The van der Waals surface area contributed by atoms with E-state index in [9.17, 15) is 14.0 Å². The van der Waals surface area contributed by atoms with Gasteiger partial charge >= 0.3 is 0 Å². The quantitative estimate of drug-likeness (QED) is 0.662. The summed E-state index contributed by atoms with van der Waals surface area (Å²) in [5.41, 5.74) is -2.48. The molecular weight excluding hydrogens is 223 g/mol. The third kappa shape index (κ3) is 1.69. The Kier molecular flexibility index (Phi) is 2.58. The maximum atomic E-state index is 12.6. The van der Waals surface area contributed by atoms with E-state index in [0.717, 1.165) is 6.42 Å². The molecule has 0 aromatic rings. The van der Waals surface area contributed by atoms with Crippen LogP contribution in [0.3, 0.4) is 0 Å². The molecule has 2 heterocycles. The third-order valence-corrected chi connectivity index (χ3v) is 3.41. The Morgan fingerprint density at radius 1 is 1.60 bits per heavy atom. The predicted molar refractivity (Wildman–Crippen MR) is 52.0 cm³/mol. The zero-order chi connectivity index (χ0) is 11.1. The highest BCUT2D eigenvalue weighted by Crippen LogP contribution is 2.37. The average molecular weight is 235 g/mol. The van der Waals surface area contributed by atoms with E-state index in [0.29, 0.717) is 26.1 Å². The van der Waals surface area contributed by atoms with E-state index in [1.165, 1.54) is 4.90 Å². The Morgan fingerprint density at radius 2 is 2.33 bits per heavy atom. The van der Waals surface area contributed by atoms with Crippen LogP contribution in [0, 0.1) is 5.41 Å². The summed E-state index contributed by atoms with van der Waals surface area (Å²) in [7, 11) is 0. The van der Waals surface area contributed by atoms with Crippen LogP contribution in [0.2, 0.25) is 0 Å². The predicted octanol–water partition coefficient (Wildman–Crippen LogP) is 0.259. The molecule has 1 N–H and O–H groups in total. The van der Waals surface area contributed by atoms with E-state index >= 15 is 0 Å². The van der Waals surface area contributed by atoms with E-state index < -0.39 is 17.0 Å². The summed E-state index contributed by atoms with van der Waals surface area (Å²) in [6, 6.07) is 0. The minimum Gasteiger partial charge on any atom is -0.356 e. The summed E-state index contributed by atoms with van der Waals surface area (Å²) in [5.74, 6) is -0.754. The lowest BCUT2D eigenvalue weighted by Crippen LogP contribution is -2.38. The molecule has 2 atom stereocenters. The zero-order valence-corrected chi connectivity index (χ0v) is 8.89. The van der Waals surface area contributed by atoms with Gasteiger partial charge in [0.25, 0.3) is 11.5 Å². The van der Waals surface area contributed by atoms with E-state index in [-0.39, 0.29) is 5.91 Å². The smallest absolute Gasteiger partial charge is 0.272 e. The number of hydrogen-bond donors (Lipinski definition) is 1. The fourth-order valence-corrected chi connectivity index (χ4v) is 2.44. The Morgan fingerprint density at radius 3 is 2.87 bits per heavy atom. The fraction of sp³-hybridized carbons (Fsp3) is 0.778. The molecule has 4 nitrogen and oxygen atoms in total. The molecule has 2 saturated heterocycles. The van der Waals surface area contributed by atoms with E-state index in [2.05, 4.69) is 5.32 Å². The molecule has 15 heavy (non-hydrogen) atoms. The summed E-state index contributed by atoms with van der Waals surface area (Å²) in [4.78, 5) is 24.2. The van der Waals surface area contributed by atoms with Crippen molar-refractivity contribution in [1.29, 1.82) is 0 Å². The fourth-order valence-electron chi connectivity index (χ4n) is 2.30. The molecule has 84 valence electrons. The normalized spacial score (nSPS) is 32.1. The molecule has 6 heteroatoms. The van der Waals surface area contributed by atoms with Crippen LogP contribution in [0.15, 0.2) is 0 Å². The highest BCUT2D eigenvalue weighted by molar-refractivity contribution is 6.29. The minimum absolute atomic E-state index is 0.0252. The van der Waals surface area contributed by atoms with Gasteiger partial charge in [-0.3, -0.25) is 9.59 Å². The van der Waals surface area contributed by atoms with Crippen molar-refractivity contribution in [2.45, 2.75) is 18.5 Å². The maximum Gasteiger partial charge on any atom is 0.272 e. The van der Waals surface area contributed by atoms with Gasteiger partial charge in [0.2, 0.25) is 5.91 Å². The number of likely N-dealkylation sites (tertiary alicyclic amines) is 1. The first-order chi connectivity index (χ1) is 7.05. The monoisotopic (exact) mass is 234 g/mol. The third-order valence-electron chi connectivity index (χ3n) is 3.22. The number of halogens is 2. The van der Waals surface area contributed by atoms with Gasteiger partial charge in [0, 0.05) is 19.6 Å². The molecule has 0 aromatic heterocycles. The molecule has 2 aliphatic heterocycles. The van der Waals surface area contributed by atoms with Gasteiger partial charge in [-0.05, 0) is 12.8 Å². The zero-order valence-electron chi connectivity index (χ0n) is 8.13. The number of hydrogen-bond acceptors (Lipinski definition) is 2. The lowest BCUT2D eigenvalue weighted by molar-refractivity contribution is -0.133. The van der Waals surface area contributed by atoms with Crippen molar-refractivity contribution in [3.05, 3.63) is 0 Å². The maximum absolute atomic E-state index is 12.6. The van der Waals surface area contributed by atoms with Crippen LogP contribution in [-0.4, -0.2) is 42.0 Å². The lowest BCUT2D eigenvalue weighted by atomic mass is 9.86. The summed E-state index contributed by atoms with van der Waals surface area (Å²) < 4.78 is 12.6. The van der Waals surface area contributed by atoms with Crippen LogP contribution >= 0.6 is 11.6 Å². The highest BCUT2D eigenvalue weighted by Gasteiger charge is 2.49. The molecule has 0 radical (unpaired) electrons. The number of alkyl halides is 2. The molecule has 0 bridgehead atoms. The van der Waals surface area contributed by atoms with Crippen molar-refractivity contribution in [3.8, 4) is 0 Å².